The van der Waals surface area contributed by atoms with E-state index in [1.807, 2.05) is 36.4 Å². The summed E-state index contributed by atoms with van der Waals surface area (Å²) in [6.45, 7) is -0.323. The largest absolute Gasteiger partial charge is 0.497 e. The van der Waals surface area contributed by atoms with Gasteiger partial charge in [0.05, 0.1) is 19.8 Å². The number of rotatable bonds is 6. The van der Waals surface area contributed by atoms with Crippen LogP contribution in [-0.4, -0.2) is 55.7 Å². The van der Waals surface area contributed by atoms with Crippen molar-refractivity contribution in [2.24, 2.45) is 0 Å². The number of allylic oxidation sites excluding steroid dienone is 2. The number of benzene rings is 1. The van der Waals surface area contributed by atoms with Crippen LogP contribution in [0.3, 0.4) is 0 Å². The second-order valence-corrected chi connectivity index (χ2v) is 7.07. The standard InChI is InChI=1S/C21H23N5O5/c1-30-13-8-6-12(7-9-13)4-2-3-5-16-23-18-19(24-21(22)25-20(18)29)26(16)17-10-14(28)15(11-27)31-17/h2-9,14-15,17,27-28H,10-11H2,1H3,(H3,22,24,25,29)/b4-2+,5-3+/t14-,15+,17+/m0/s1. The van der Waals surface area contributed by atoms with Crippen molar-refractivity contribution < 1.29 is 19.7 Å². The second-order valence-electron chi connectivity index (χ2n) is 7.07. The first-order valence-electron chi connectivity index (χ1n) is 9.71. The Labute approximate surface area is 177 Å². The number of hydrogen-bond acceptors (Lipinski definition) is 8. The first kappa shape index (κ1) is 20.8. The van der Waals surface area contributed by atoms with Gasteiger partial charge in [0.1, 0.15) is 23.9 Å². The zero-order chi connectivity index (χ0) is 22.0. The molecule has 0 unspecified atom stereocenters. The van der Waals surface area contributed by atoms with Crippen molar-refractivity contribution in [1.82, 2.24) is 19.5 Å². The highest BCUT2D eigenvalue weighted by atomic mass is 16.5. The minimum atomic E-state index is -0.849. The molecule has 162 valence electrons. The van der Waals surface area contributed by atoms with E-state index in [0.717, 1.165) is 11.3 Å². The van der Waals surface area contributed by atoms with Crippen LogP contribution in [0.15, 0.2) is 41.2 Å². The number of nitrogens with zero attached hydrogens (tertiary/aromatic N) is 3. The van der Waals surface area contributed by atoms with Gasteiger partial charge >= 0.3 is 0 Å². The van der Waals surface area contributed by atoms with Gasteiger partial charge in [-0.2, -0.15) is 4.98 Å². The van der Waals surface area contributed by atoms with Gasteiger partial charge in [0.2, 0.25) is 5.95 Å². The van der Waals surface area contributed by atoms with Crippen molar-refractivity contribution in [3.8, 4) is 5.75 Å². The summed E-state index contributed by atoms with van der Waals surface area (Å²) in [6.07, 6.45) is 5.20. The van der Waals surface area contributed by atoms with Gasteiger partial charge in [0.25, 0.3) is 5.56 Å². The van der Waals surface area contributed by atoms with E-state index in [-0.39, 0.29) is 30.1 Å². The fourth-order valence-electron chi connectivity index (χ4n) is 3.48. The Morgan fingerprint density at radius 2 is 2.03 bits per heavy atom. The van der Waals surface area contributed by atoms with E-state index in [1.165, 1.54) is 0 Å². The fourth-order valence-corrected chi connectivity index (χ4v) is 3.48. The normalized spacial score (nSPS) is 21.6. The topological polar surface area (TPSA) is 149 Å². The number of aliphatic hydroxyl groups excluding tert-OH is 2. The Hall–Kier alpha value is -3.47. The van der Waals surface area contributed by atoms with E-state index in [9.17, 15) is 15.0 Å². The van der Waals surface area contributed by atoms with Crippen molar-refractivity contribution in [3.63, 3.8) is 0 Å². The lowest BCUT2D eigenvalue weighted by Gasteiger charge is -2.15. The molecule has 0 amide bonds. The van der Waals surface area contributed by atoms with E-state index in [1.54, 1.807) is 23.8 Å². The molecular formula is C21H23N5O5. The highest BCUT2D eigenvalue weighted by Crippen LogP contribution is 2.32. The number of imidazole rings is 1. The Morgan fingerprint density at radius 1 is 1.29 bits per heavy atom. The zero-order valence-corrected chi connectivity index (χ0v) is 16.8. The molecule has 31 heavy (non-hydrogen) atoms. The predicted molar refractivity (Wildman–Crippen MR) is 115 cm³/mol. The van der Waals surface area contributed by atoms with Crippen LogP contribution < -0.4 is 16.0 Å². The molecule has 1 fully saturated rings. The lowest BCUT2D eigenvalue weighted by molar-refractivity contribution is -0.0434. The third kappa shape index (κ3) is 4.22. The Balaban J connectivity index is 1.67. The maximum atomic E-state index is 12.3. The summed E-state index contributed by atoms with van der Waals surface area (Å²) in [4.78, 5) is 23.3. The van der Waals surface area contributed by atoms with Gasteiger partial charge in [0.15, 0.2) is 11.2 Å². The molecule has 5 N–H and O–H groups in total. The third-order valence-electron chi connectivity index (χ3n) is 5.03. The molecule has 1 aliphatic rings. The van der Waals surface area contributed by atoms with Crippen LogP contribution in [0.4, 0.5) is 5.95 Å². The molecule has 10 nitrogen and oxygen atoms in total. The number of nitrogens with two attached hydrogens (primary N) is 1. The molecule has 3 heterocycles. The van der Waals surface area contributed by atoms with Crippen LogP contribution in [0.2, 0.25) is 0 Å². The summed E-state index contributed by atoms with van der Waals surface area (Å²) < 4.78 is 12.5. The maximum absolute atomic E-state index is 12.3. The summed E-state index contributed by atoms with van der Waals surface area (Å²) in [7, 11) is 1.61. The van der Waals surface area contributed by atoms with Crippen molar-refractivity contribution in [2.45, 2.75) is 24.9 Å². The van der Waals surface area contributed by atoms with Crippen LogP contribution in [0.1, 0.15) is 24.0 Å². The second kappa shape index (κ2) is 8.72. The minimum Gasteiger partial charge on any atom is -0.497 e. The average Bonchev–Trinajstić information content (AvgIpc) is 3.31. The molecular weight excluding hydrogens is 402 g/mol. The van der Waals surface area contributed by atoms with Gasteiger partial charge in [-0.25, -0.2) is 4.98 Å². The Bertz CT molecular complexity index is 1180. The van der Waals surface area contributed by atoms with Crippen LogP contribution in [0.5, 0.6) is 5.75 Å². The lowest BCUT2D eigenvalue weighted by Crippen LogP contribution is -2.24. The summed E-state index contributed by atoms with van der Waals surface area (Å²) in [5.74, 6) is 1.14. The van der Waals surface area contributed by atoms with Crippen molar-refractivity contribution in [3.05, 3.63) is 58.2 Å². The molecule has 0 spiro atoms. The quantitative estimate of drug-likeness (QED) is 0.429. The minimum absolute atomic E-state index is 0.0502. The number of nitrogen functional groups attached to an aromatic ring is 1. The molecule has 1 aromatic carbocycles. The molecule has 0 radical (unpaired) electrons. The molecule has 0 saturated carbocycles. The van der Waals surface area contributed by atoms with Gasteiger partial charge in [-0.05, 0) is 23.8 Å². The highest BCUT2D eigenvalue weighted by molar-refractivity contribution is 5.74. The van der Waals surface area contributed by atoms with E-state index < -0.39 is 24.0 Å². The number of anilines is 1. The molecule has 4 rings (SSSR count). The average molecular weight is 425 g/mol. The molecule has 3 atom stereocenters. The molecule has 1 saturated heterocycles. The maximum Gasteiger partial charge on any atom is 0.280 e. The number of ether oxygens (including phenoxy) is 2. The number of nitrogens with one attached hydrogen (secondary N) is 1. The number of aromatic nitrogens is 4. The van der Waals surface area contributed by atoms with E-state index in [4.69, 9.17) is 15.2 Å². The molecule has 3 aromatic rings. The number of aromatic amines is 1. The van der Waals surface area contributed by atoms with Crippen LogP contribution in [0.25, 0.3) is 23.3 Å². The van der Waals surface area contributed by atoms with E-state index in [2.05, 4.69) is 15.0 Å². The third-order valence-corrected chi connectivity index (χ3v) is 5.03. The number of methoxy groups -OCH3 is 1. The van der Waals surface area contributed by atoms with Crippen molar-refractivity contribution in [1.29, 1.82) is 0 Å². The molecule has 10 heteroatoms. The molecule has 0 aliphatic carbocycles. The predicted octanol–water partition coefficient (Wildman–Crippen LogP) is 1.08. The molecule has 1 aliphatic heterocycles. The van der Waals surface area contributed by atoms with Gasteiger partial charge in [-0.15, -0.1) is 0 Å². The first-order valence-corrected chi connectivity index (χ1v) is 9.71. The number of aliphatic hydroxyl groups is 2. The van der Waals surface area contributed by atoms with Gasteiger partial charge in [0, 0.05) is 6.42 Å². The van der Waals surface area contributed by atoms with E-state index in [0.29, 0.717) is 5.82 Å². The smallest absolute Gasteiger partial charge is 0.280 e. The number of hydrogen-bond donors (Lipinski definition) is 4. The first-order chi connectivity index (χ1) is 15.0. The fraction of sp³-hybridized carbons (Fsp3) is 0.286. The summed E-state index contributed by atoms with van der Waals surface area (Å²) in [6, 6.07) is 7.58. The van der Waals surface area contributed by atoms with Crippen molar-refractivity contribution >= 4 is 29.3 Å². The number of H-pyrrole nitrogens is 1. The van der Waals surface area contributed by atoms with Crippen molar-refractivity contribution in [2.75, 3.05) is 19.5 Å². The summed E-state index contributed by atoms with van der Waals surface area (Å²) >= 11 is 0. The van der Waals surface area contributed by atoms with Gasteiger partial charge in [-0.1, -0.05) is 30.4 Å². The number of fused-ring (bicyclic) bond motifs is 1. The highest BCUT2D eigenvalue weighted by Gasteiger charge is 2.36. The SMILES string of the molecule is COc1ccc(/C=C/C=C/c2nc3c(=O)[nH]c(N)nc3n2[C@H]2C[C@H](O)[C@@H](CO)O2)cc1. The Kier molecular flexibility index (Phi) is 5.85. The zero-order valence-electron chi connectivity index (χ0n) is 16.8. The summed E-state index contributed by atoms with van der Waals surface area (Å²) in [5, 5.41) is 19.5. The van der Waals surface area contributed by atoms with Crippen LogP contribution in [0, 0.1) is 0 Å². The van der Waals surface area contributed by atoms with Crippen LogP contribution >= 0.6 is 0 Å². The van der Waals surface area contributed by atoms with Gasteiger partial charge < -0.3 is 25.4 Å². The molecule has 0 bridgehead atoms. The molecule has 2 aromatic heterocycles. The van der Waals surface area contributed by atoms with Gasteiger partial charge in [-0.3, -0.25) is 14.3 Å². The van der Waals surface area contributed by atoms with E-state index >= 15 is 0 Å². The van der Waals surface area contributed by atoms with Crippen LogP contribution in [-0.2, 0) is 4.74 Å². The Morgan fingerprint density at radius 3 is 2.71 bits per heavy atom. The summed E-state index contributed by atoms with van der Waals surface area (Å²) in [5.41, 5.74) is 6.58. The monoisotopic (exact) mass is 425 g/mol. The lowest BCUT2D eigenvalue weighted by atomic mass is 10.2.